The fourth-order valence-electron chi connectivity index (χ4n) is 2.87. The summed E-state index contributed by atoms with van der Waals surface area (Å²) in [6, 6.07) is 7.14. The second kappa shape index (κ2) is 7.72. The van der Waals surface area contributed by atoms with Gasteiger partial charge in [-0.2, -0.15) is 5.10 Å². The van der Waals surface area contributed by atoms with Gasteiger partial charge in [0.15, 0.2) is 6.61 Å². The Morgan fingerprint density at radius 2 is 1.96 bits per heavy atom. The number of nitrogens with one attached hydrogen (secondary N) is 2. The van der Waals surface area contributed by atoms with Crippen LogP contribution in [0, 0.1) is 0 Å². The highest BCUT2D eigenvalue weighted by Gasteiger charge is 2.17. The summed E-state index contributed by atoms with van der Waals surface area (Å²) >= 11 is 0. The molecule has 126 valence electrons. The Hall–Kier alpha value is -2.70. The van der Waals surface area contributed by atoms with Crippen LogP contribution < -0.4 is 15.4 Å². The van der Waals surface area contributed by atoms with E-state index in [1.54, 1.807) is 6.20 Å². The quantitative estimate of drug-likeness (QED) is 0.897. The Morgan fingerprint density at radius 3 is 2.79 bits per heavy atom. The summed E-state index contributed by atoms with van der Waals surface area (Å²) in [7, 11) is 0. The SMILES string of the molecule is O=C(COc1nncc2ccccc12)NC(=O)NC1CCCCC1. The minimum Gasteiger partial charge on any atom is -0.466 e. The number of rotatable bonds is 4. The predicted molar refractivity (Wildman–Crippen MR) is 88.6 cm³/mol. The fourth-order valence-corrected chi connectivity index (χ4v) is 2.87. The number of urea groups is 1. The van der Waals surface area contributed by atoms with Crippen LogP contribution in [0.4, 0.5) is 4.79 Å². The van der Waals surface area contributed by atoms with Gasteiger partial charge in [0.1, 0.15) is 0 Å². The predicted octanol–water partition coefficient (Wildman–Crippen LogP) is 2.17. The van der Waals surface area contributed by atoms with Crippen molar-refractivity contribution in [3.63, 3.8) is 0 Å². The highest BCUT2D eigenvalue weighted by molar-refractivity contribution is 5.95. The second-order valence-corrected chi connectivity index (χ2v) is 5.88. The summed E-state index contributed by atoms with van der Waals surface area (Å²) in [6.07, 6.45) is 6.98. The molecule has 7 heteroatoms. The molecular formula is C17H20N4O3. The molecule has 0 saturated heterocycles. The maximum absolute atomic E-state index is 11.9. The molecule has 1 aliphatic carbocycles. The minimum atomic E-state index is -0.516. The lowest BCUT2D eigenvalue weighted by molar-refractivity contribution is -0.122. The summed E-state index contributed by atoms with van der Waals surface area (Å²) in [4.78, 5) is 23.7. The van der Waals surface area contributed by atoms with Gasteiger partial charge in [-0.3, -0.25) is 10.1 Å². The van der Waals surface area contributed by atoms with Crippen molar-refractivity contribution >= 4 is 22.7 Å². The van der Waals surface area contributed by atoms with Crippen molar-refractivity contribution in [3.05, 3.63) is 30.5 Å². The normalized spacial score (nSPS) is 15.0. The number of imide groups is 1. The van der Waals surface area contributed by atoms with E-state index in [0.717, 1.165) is 36.5 Å². The van der Waals surface area contributed by atoms with E-state index in [0.29, 0.717) is 0 Å². The number of benzene rings is 1. The summed E-state index contributed by atoms with van der Waals surface area (Å²) in [6.45, 7) is -0.291. The van der Waals surface area contributed by atoms with E-state index in [1.807, 2.05) is 24.3 Å². The Kier molecular flexibility index (Phi) is 5.20. The topological polar surface area (TPSA) is 93.2 Å². The third-order valence-electron chi connectivity index (χ3n) is 4.07. The first-order chi connectivity index (χ1) is 11.7. The van der Waals surface area contributed by atoms with Crippen molar-refractivity contribution in [2.45, 2.75) is 38.1 Å². The molecule has 0 radical (unpaired) electrons. The Morgan fingerprint density at radius 1 is 1.17 bits per heavy atom. The third kappa shape index (κ3) is 4.18. The number of aromatic nitrogens is 2. The highest BCUT2D eigenvalue weighted by Crippen LogP contribution is 2.21. The molecule has 1 saturated carbocycles. The molecule has 3 rings (SSSR count). The largest absolute Gasteiger partial charge is 0.466 e. The maximum Gasteiger partial charge on any atom is 0.321 e. The van der Waals surface area contributed by atoms with Gasteiger partial charge >= 0.3 is 6.03 Å². The van der Waals surface area contributed by atoms with Crippen LogP contribution in [0.3, 0.4) is 0 Å². The molecule has 0 atom stereocenters. The Bertz CT molecular complexity index is 723. The molecule has 0 bridgehead atoms. The Balaban J connectivity index is 1.50. The molecule has 24 heavy (non-hydrogen) atoms. The first-order valence-corrected chi connectivity index (χ1v) is 8.16. The van der Waals surface area contributed by atoms with Gasteiger partial charge in [0, 0.05) is 16.8 Å². The van der Waals surface area contributed by atoms with Crippen LogP contribution in [0.1, 0.15) is 32.1 Å². The van der Waals surface area contributed by atoms with Gasteiger partial charge in [-0.1, -0.05) is 37.5 Å². The van der Waals surface area contributed by atoms with E-state index in [1.165, 1.54) is 6.42 Å². The number of ether oxygens (including phenoxy) is 1. The number of carbonyl (C=O) groups is 2. The van der Waals surface area contributed by atoms with Crippen LogP contribution >= 0.6 is 0 Å². The lowest BCUT2D eigenvalue weighted by atomic mass is 9.96. The number of carbonyl (C=O) groups excluding carboxylic acids is 2. The average Bonchev–Trinajstić information content (AvgIpc) is 2.60. The van der Waals surface area contributed by atoms with Crippen molar-refractivity contribution in [2.24, 2.45) is 0 Å². The van der Waals surface area contributed by atoms with Gasteiger partial charge in [0.25, 0.3) is 5.91 Å². The summed E-state index contributed by atoms with van der Waals surface area (Å²) in [5.74, 6) is -0.242. The molecule has 1 aromatic heterocycles. The minimum absolute atomic E-state index is 0.149. The van der Waals surface area contributed by atoms with Crippen LogP contribution in [-0.4, -0.2) is 34.8 Å². The summed E-state index contributed by atoms with van der Waals surface area (Å²) < 4.78 is 5.41. The standard InChI is InChI=1S/C17H20N4O3/c22-15(20-17(23)19-13-7-2-1-3-8-13)11-24-16-14-9-5-4-6-12(14)10-18-21-16/h4-6,9-10,13H,1-3,7-8,11H2,(H2,19,20,22,23). The molecule has 2 N–H and O–H groups in total. The zero-order valence-corrected chi connectivity index (χ0v) is 13.3. The number of amides is 3. The molecule has 2 aromatic rings. The van der Waals surface area contributed by atoms with Gasteiger partial charge < -0.3 is 10.1 Å². The van der Waals surface area contributed by atoms with Crippen molar-refractivity contribution in [2.75, 3.05) is 6.61 Å². The molecule has 1 aromatic carbocycles. The second-order valence-electron chi connectivity index (χ2n) is 5.88. The van der Waals surface area contributed by atoms with E-state index in [2.05, 4.69) is 20.8 Å². The van der Waals surface area contributed by atoms with E-state index in [9.17, 15) is 9.59 Å². The van der Waals surface area contributed by atoms with Gasteiger partial charge in [0.05, 0.1) is 6.20 Å². The lowest BCUT2D eigenvalue weighted by Gasteiger charge is -2.22. The zero-order valence-electron chi connectivity index (χ0n) is 13.3. The molecule has 7 nitrogen and oxygen atoms in total. The zero-order chi connectivity index (χ0) is 16.8. The highest BCUT2D eigenvalue weighted by atomic mass is 16.5. The third-order valence-corrected chi connectivity index (χ3v) is 4.07. The molecule has 1 heterocycles. The molecular weight excluding hydrogens is 308 g/mol. The molecule has 1 fully saturated rings. The number of hydrogen-bond acceptors (Lipinski definition) is 5. The van der Waals surface area contributed by atoms with Crippen LogP contribution in [0.5, 0.6) is 5.88 Å². The smallest absolute Gasteiger partial charge is 0.321 e. The van der Waals surface area contributed by atoms with E-state index in [4.69, 9.17) is 4.74 Å². The molecule has 0 aliphatic heterocycles. The lowest BCUT2D eigenvalue weighted by Crippen LogP contribution is -2.46. The van der Waals surface area contributed by atoms with Crippen LogP contribution in [-0.2, 0) is 4.79 Å². The summed E-state index contributed by atoms with van der Waals surface area (Å²) in [5.41, 5.74) is 0. The number of nitrogens with zero attached hydrogens (tertiary/aromatic N) is 2. The summed E-state index contributed by atoms with van der Waals surface area (Å²) in [5, 5.41) is 14.5. The average molecular weight is 328 g/mol. The van der Waals surface area contributed by atoms with Gasteiger partial charge in [-0.05, 0) is 18.9 Å². The van der Waals surface area contributed by atoms with Crippen LogP contribution in [0.2, 0.25) is 0 Å². The molecule has 1 aliphatic rings. The van der Waals surface area contributed by atoms with Crippen LogP contribution in [0.25, 0.3) is 10.8 Å². The number of hydrogen-bond donors (Lipinski definition) is 2. The van der Waals surface area contributed by atoms with Gasteiger partial charge in [0.2, 0.25) is 5.88 Å². The van der Waals surface area contributed by atoms with Gasteiger partial charge in [-0.25, -0.2) is 4.79 Å². The van der Waals surface area contributed by atoms with Gasteiger partial charge in [-0.15, -0.1) is 5.10 Å². The van der Waals surface area contributed by atoms with Crippen LogP contribution in [0.15, 0.2) is 30.5 Å². The first kappa shape index (κ1) is 16.2. The number of fused-ring (bicyclic) bond motifs is 1. The van der Waals surface area contributed by atoms with Crippen molar-refractivity contribution in [1.82, 2.24) is 20.8 Å². The molecule has 0 unspecified atom stereocenters. The van der Waals surface area contributed by atoms with Crippen molar-refractivity contribution in [1.29, 1.82) is 0 Å². The fraction of sp³-hybridized carbons (Fsp3) is 0.412. The van der Waals surface area contributed by atoms with E-state index in [-0.39, 0.29) is 18.5 Å². The Labute approximate surface area is 139 Å². The van der Waals surface area contributed by atoms with Crippen molar-refractivity contribution < 1.29 is 14.3 Å². The van der Waals surface area contributed by atoms with Crippen molar-refractivity contribution in [3.8, 4) is 5.88 Å². The molecule has 3 amide bonds. The van der Waals surface area contributed by atoms with E-state index >= 15 is 0 Å². The molecule has 0 spiro atoms. The maximum atomic E-state index is 11.9. The van der Waals surface area contributed by atoms with E-state index < -0.39 is 11.9 Å². The first-order valence-electron chi connectivity index (χ1n) is 8.16. The monoisotopic (exact) mass is 328 g/mol.